The Bertz CT molecular complexity index is 1010. The van der Waals surface area contributed by atoms with Gasteiger partial charge in [-0.2, -0.15) is 0 Å². The van der Waals surface area contributed by atoms with Crippen LogP contribution in [0.25, 0.3) is 17.3 Å². The number of rotatable bonds is 6. The van der Waals surface area contributed by atoms with Gasteiger partial charge in [-0.3, -0.25) is 10.1 Å². The van der Waals surface area contributed by atoms with Gasteiger partial charge in [-0.25, -0.2) is 4.98 Å². The minimum absolute atomic E-state index is 0.237. The molecule has 0 fully saturated rings. The zero-order valence-electron chi connectivity index (χ0n) is 16.3. The zero-order valence-corrected chi connectivity index (χ0v) is 17.1. The van der Waals surface area contributed by atoms with E-state index in [0.29, 0.717) is 16.6 Å². The maximum atomic E-state index is 12.3. The van der Waals surface area contributed by atoms with Gasteiger partial charge in [0.25, 0.3) is 0 Å². The van der Waals surface area contributed by atoms with Gasteiger partial charge in [0.1, 0.15) is 0 Å². The highest BCUT2D eigenvalue weighted by Gasteiger charge is 2.11. The molecule has 1 amide bonds. The number of nitrogens with zero attached hydrogens (tertiary/aromatic N) is 1. The second kappa shape index (κ2) is 8.71. The SMILES string of the molecule is COc1ccc(/C=C/C(=O)Nc2nc(-c3ccc(C)cc3)c(C)s2)cc1OC. The first kappa shape index (κ1) is 19.6. The second-order valence-electron chi connectivity index (χ2n) is 6.23. The molecule has 0 bridgehead atoms. The van der Waals surface area contributed by atoms with Gasteiger partial charge in [0, 0.05) is 16.5 Å². The van der Waals surface area contributed by atoms with Crippen molar-refractivity contribution >= 4 is 28.5 Å². The lowest BCUT2D eigenvalue weighted by molar-refractivity contribution is -0.111. The maximum absolute atomic E-state index is 12.3. The molecule has 0 aliphatic rings. The van der Waals surface area contributed by atoms with E-state index in [2.05, 4.69) is 22.4 Å². The molecule has 0 saturated heterocycles. The van der Waals surface area contributed by atoms with E-state index in [0.717, 1.165) is 21.7 Å². The maximum Gasteiger partial charge on any atom is 0.250 e. The molecule has 5 nitrogen and oxygen atoms in total. The molecule has 0 saturated carbocycles. The highest BCUT2D eigenvalue weighted by Crippen LogP contribution is 2.31. The number of hydrogen-bond acceptors (Lipinski definition) is 5. The Morgan fingerprint density at radius 1 is 1.04 bits per heavy atom. The van der Waals surface area contributed by atoms with Crippen LogP contribution in [0.2, 0.25) is 0 Å². The lowest BCUT2D eigenvalue weighted by Gasteiger charge is -2.07. The molecule has 0 aliphatic carbocycles. The van der Waals surface area contributed by atoms with Crippen LogP contribution < -0.4 is 14.8 Å². The van der Waals surface area contributed by atoms with E-state index < -0.39 is 0 Å². The summed E-state index contributed by atoms with van der Waals surface area (Å²) in [6, 6.07) is 13.7. The van der Waals surface area contributed by atoms with Crippen LogP contribution in [0, 0.1) is 13.8 Å². The number of hydrogen-bond donors (Lipinski definition) is 1. The van der Waals surface area contributed by atoms with Crippen molar-refractivity contribution in [3.05, 3.63) is 64.5 Å². The van der Waals surface area contributed by atoms with Gasteiger partial charge in [0.05, 0.1) is 19.9 Å². The number of ether oxygens (including phenoxy) is 2. The van der Waals surface area contributed by atoms with Crippen LogP contribution in [-0.2, 0) is 4.79 Å². The fraction of sp³-hybridized carbons (Fsp3) is 0.182. The molecule has 3 rings (SSSR count). The first-order valence-electron chi connectivity index (χ1n) is 8.75. The van der Waals surface area contributed by atoms with E-state index >= 15 is 0 Å². The molecule has 0 unspecified atom stereocenters. The molecule has 1 heterocycles. The Kier molecular flexibility index (Phi) is 6.11. The van der Waals surface area contributed by atoms with Crippen LogP contribution in [0.4, 0.5) is 5.13 Å². The van der Waals surface area contributed by atoms with Crippen molar-refractivity contribution < 1.29 is 14.3 Å². The summed E-state index contributed by atoms with van der Waals surface area (Å²) in [5.41, 5.74) is 3.97. The fourth-order valence-corrected chi connectivity index (χ4v) is 3.54. The molecule has 28 heavy (non-hydrogen) atoms. The predicted molar refractivity (Wildman–Crippen MR) is 114 cm³/mol. The van der Waals surface area contributed by atoms with Crippen molar-refractivity contribution in [3.8, 4) is 22.8 Å². The molecule has 0 aliphatic heterocycles. The number of nitrogens with one attached hydrogen (secondary N) is 1. The summed E-state index contributed by atoms with van der Waals surface area (Å²) in [7, 11) is 3.16. The smallest absolute Gasteiger partial charge is 0.250 e. The Balaban J connectivity index is 1.71. The number of anilines is 1. The van der Waals surface area contributed by atoms with Crippen LogP contribution in [-0.4, -0.2) is 25.1 Å². The zero-order chi connectivity index (χ0) is 20.1. The molecule has 0 radical (unpaired) electrons. The molecule has 6 heteroatoms. The van der Waals surface area contributed by atoms with Gasteiger partial charge >= 0.3 is 0 Å². The van der Waals surface area contributed by atoms with E-state index in [1.165, 1.54) is 23.0 Å². The Morgan fingerprint density at radius 3 is 2.43 bits per heavy atom. The topological polar surface area (TPSA) is 60.5 Å². The Hall–Kier alpha value is -3.12. The van der Waals surface area contributed by atoms with Gasteiger partial charge in [0.15, 0.2) is 16.6 Å². The normalized spacial score (nSPS) is 10.9. The Labute approximate surface area is 168 Å². The number of carbonyl (C=O) groups excluding carboxylic acids is 1. The quantitative estimate of drug-likeness (QED) is 0.591. The highest BCUT2D eigenvalue weighted by molar-refractivity contribution is 7.16. The van der Waals surface area contributed by atoms with Gasteiger partial charge in [-0.1, -0.05) is 35.9 Å². The van der Waals surface area contributed by atoms with Crippen molar-refractivity contribution in [3.63, 3.8) is 0 Å². The van der Waals surface area contributed by atoms with Crippen LogP contribution in [0.3, 0.4) is 0 Å². The minimum atomic E-state index is -0.237. The van der Waals surface area contributed by atoms with Gasteiger partial charge < -0.3 is 9.47 Å². The molecule has 3 aromatic rings. The number of aromatic nitrogens is 1. The minimum Gasteiger partial charge on any atom is -0.493 e. The lowest BCUT2D eigenvalue weighted by Crippen LogP contribution is -2.07. The number of methoxy groups -OCH3 is 2. The van der Waals surface area contributed by atoms with E-state index in [1.807, 2.05) is 38.1 Å². The molecular weight excluding hydrogens is 372 g/mol. The van der Waals surface area contributed by atoms with Crippen molar-refractivity contribution in [2.45, 2.75) is 13.8 Å². The molecule has 2 aromatic carbocycles. The molecule has 0 atom stereocenters. The number of benzene rings is 2. The molecule has 1 aromatic heterocycles. The standard InChI is InChI=1S/C22H22N2O3S/c1-14-5-9-17(10-6-14)21-15(2)28-22(24-21)23-20(25)12-8-16-7-11-18(26-3)19(13-16)27-4/h5-13H,1-4H3,(H,23,24,25)/b12-8+. The summed E-state index contributed by atoms with van der Waals surface area (Å²) in [4.78, 5) is 17.9. The number of carbonyl (C=O) groups is 1. The van der Waals surface area contributed by atoms with Crippen LogP contribution >= 0.6 is 11.3 Å². The van der Waals surface area contributed by atoms with Crippen LogP contribution in [0.5, 0.6) is 11.5 Å². The van der Waals surface area contributed by atoms with E-state index in [1.54, 1.807) is 26.4 Å². The Morgan fingerprint density at radius 2 is 1.75 bits per heavy atom. The third kappa shape index (κ3) is 4.58. The van der Waals surface area contributed by atoms with Crippen LogP contribution in [0.1, 0.15) is 16.0 Å². The first-order valence-corrected chi connectivity index (χ1v) is 9.57. The molecule has 0 spiro atoms. The highest BCUT2D eigenvalue weighted by atomic mass is 32.1. The first-order chi connectivity index (χ1) is 13.5. The molecular formula is C22H22N2O3S. The molecule has 1 N–H and O–H groups in total. The number of thiazole rings is 1. The summed E-state index contributed by atoms with van der Waals surface area (Å²) in [6.45, 7) is 4.05. The lowest BCUT2D eigenvalue weighted by atomic mass is 10.1. The third-order valence-corrected chi connectivity index (χ3v) is 5.07. The van der Waals surface area contributed by atoms with Gasteiger partial charge in [-0.05, 0) is 37.6 Å². The average molecular weight is 394 g/mol. The largest absolute Gasteiger partial charge is 0.493 e. The monoisotopic (exact) mass is 394 g/mol. The number of aryl methyl sites for hydroxylation is 2. The van der Waals surface area contributed by atoms with Crippen molar-refractivity contribution in [1.29, 1.82) is 0 Å². The summed E-state index contributed by atoms with van der Waals surface area (Å²) in [5.74, 6) is 1.02. The van der Waals surface area contributed by atoms with E-state index in [-0.39, 0.29) is 5.91 Å². The predicted octanol–water partition coefficient (Wildman–Crippen LogP) is 5.10. The molecule has 144 valence electrons. The summed E-state index contributed by atoms with van der Waals surface area (Å²) in [6.07, 6.45) is 3.20. The van der Waals surface area contributed by atoms with Gasteiger partial charge in [-0.15, -0.1) is 11.3 Å². The van der Waals surface area contributed by atoms with Gasteiger partial charge in [0.2, 0.25) is 5.91 Å². The van der Waals surface area contributed by atoms with Crippen molar-refractivity contribution in [1.82, 2.24) is 4.98 Å². The second-order valence-corrected chi connectivity index (χ2v) is 7.43. The van der Waals surface area contributed by atoms with Crippen molar-refractivity contribution in [2.75, 3.05) is 19.5 Å². The summed E-state index contributed by atoms with van der Waals surface area (Å²) < 4.78 is 10.5. The van der Waals surface area contributed by atoms with E-state index in [9.17, 15) is 4.79 Å². The average Bonchev–Trinajstić information content (AvgIpc) is 3.06. The van der Waals surface area contributed by atoms with E-state index in [4.69, 9.17) is 9.47 Å². The van der Waals surface area contributed by atoms with Crippen molar-refractivity contribution in [2.24, 2.45) is 0 Å². The summed E-state index contributed by atoms with van der Waals surface area (Å²) in [5, 5.41) is 3.41. The summed E-state index contributed by atoms with van der Waals surface area (Å²) >= 11 is 1.46. The fourth-order valence-electron chi connectivity index (χ4n) is 2.70. The third-order valence-electron chi connectivity index (χ3n) is 4.19. The van der Waals surface area contributed by atoms with Crippen LogP contribution in [0.15, 0.2) is 48.5 Å². The number of amides is 1.